The van der Waals surface area contributed by atoms with E-state index in [1.807, 2.05) is 78.2 Å². The second kappa shape index (κ2) is 9.25. The van der Waals surface area contributed by atoms with E-state index in [0.717, 1.165) is 5.56 Å². The van der Waals surface area contributed by atoms with E-state index in [2.05, 4.69) is 15.3 Å². The Bertz CT molecular complexity index is 1500. The summed E-state index contributed by atoms with van der Waals surface area (Å²) in [5.74, 6) is -0.855. The molecule has 0 fully saturated rings. The molecule has 5 aromatic rings. The maximum absolute atomic E-state index is 13.5. The summed E-state index contributed by atoms with van der Waals surface area (Å²) in [7, 11) is 1.33. The first-order valence-corrected chi connectivity index (χ1v) is 11.4. The fourth-order valence-electron chi connectivity index (χ4n) is 3.76. The third-order valence-corrected chi connectivity index (χ3v) is 6.28. The predicted octanol–water partition coefficient (Wildman–Crippen LogP) is 6.06. The van der Waals surface area contributed by atoms with Crippen LogP contribution in [-0.2, 0) is 4.74 Å². The van der Waals surface area contributed by atoms with Gasteiger partial charge in [-0.3, -0.25) is 9.78 Å². The number of ether oxygens (including phenoxy) is 1. The molecule has 0 unspecified atom stereocenters. The van der Waals surface area contributed by atoms with E-state index in [1.165, 1.54) is 18.4 Å². The van der Waals surface area contributed by atoms with Gasteiger partial charge in [0.25, 0.3) is 5.91 Å². The Balaban J connectivity index is 1.59. The van der Waals surface area contributed by atoms with Crippen molar-refractivity contribution in [1.29, 1.82) is 0 Å². The molecule has 7 heteroatoms. The third-order valence-electron chi connectivity index (χ3n) is 5.38. The van der Waals surface area contributed by atoms with Crippen LogP contribution >= 0.6 is 11.3 Å². The molecule has 0 bridgehead atoms. The van der Waals surface area contributed by atoms with Crippen molar-refractivity contribution in [3.8, 4) is 22.5 Å². The highest BCUT2D eigenvalue weighted by Crippen LogP contribution is 2.36. The second-order valence-corrected chi connectivity index (χ2v) is 8.33. The average Bonchev–Trinajstić information content (AvgIpc) is 3.32. The summed E-state index contributed by atoms with van der Waals surface area (Å²) < 4.78 is 5.03. The molecule has 34 heavy (non-hydrogen) atoms. The number of nitrogens with one attached hydrogen (secondary N) is 1. The van der Waals surface area contributed by atoms with Gasteiger partial charge >= 0.3 is 5.97 Å². The quantitative estimate of drug-likeness (QED) is 0.319. The van der Waals surface area contributed by atoms with Gasteiger partial charge in [-0.2, -0.15) is 0 Å². The number of hydrogen-bond acceptors (Lipinski definition) is 6. The second-order valence-electron chi connectivity index (χ2n) is 7.45. The molecule has 5 rings (SSSR count). The standard InChI is InChI=1S/C27H19N3O3S/c1-33-27(32)24-20(17-9-3-2-4-10-17)16-34-26(24)30-25(31)19-15-23(22-13-7-8-14-28-22)29-21-12-6-5-11-18(19)21/h2-16H,1H3,(H,30,31). The van der Waals surface area contributed by atoms with Crippen LogP contribution < -0.4 is 5.32 Å². The van der Waals surface area contributed by atoms with Crippen molar-refractivity contribution in [2.45, 2.75) is 0 Å². The van der Waals surface area contributed by atoms with E-state index in [9.17, 15) is 9.59 Å². The van der Waals surface area contributed by atoms with E-state index in [4.69, 9.17) is 4.74 Å². The van der Waals surface area contributed by atoms with Crippen molar-refractivity contribution >= 4 is 39.1 Å². The van der Waals surface area contributed by atoms with Crippen LogP contribution in [0.3, 0.4) is 0 Å². The van der Waals surface area contributed by atoms with Crippen molar-refractivity contribution in [1.82, 2.24) is 9.97 Å². The van der Waals surface area contributed by atoms with Crippen LogP contribution in [0.1, 0.15) is 20.7 Å². The Hall–Kier alpha value is -4.36. The fourth-order valence-corrected chi connectivity index (χ4v) is 4.72. The van der Waals surface area contributed by atoms with E-state index >= 15 is 0 Å². The fraction of sp³-hybridized carbons (Fsp3) is 0.0370. The first kappa shape index (κ1) is 21.5. The SMILES string of the molecule is COC(=O)c1c(-c2ccccc2)csc1NC(=O)c1cc(-c2ccccn2)nc2ccccc12. The summed E-state index contributed by atoms with van der Waals surface area (Å²) in [6.07, 6.45) is 1.69. The number of amides is 1. The number of rotatable bonds is 5. The molecule has 0 saturated carbocycles. The molecule has 1 N–H and O–H groups in total. The molecule has 0 atom stereocenters. The number of aromatic nitrogens is 2. The number of nitrogens with zero attached hydrogens (tertiary/aromatic N) is 2. The molecule has 2 aromatic carbocycles. The number of benzene rings is 2. The van der Waals surface area contributed by atoms with Gasteiger partial charge in [-0.15, -0.1) is 11.3 Å². The van der Waals surface area contributed by atoms with E-state index < -0.39 is 5.97 Å². The maximum Gasteiger partial charge on any atom is 0.341 e. The van der Waals surface area contributed by atoms with Crippen LogP contribution in [0.25, 0.3) is 33.4 Å². The van der Waals surface area contributed by atoms with Crippen molar-refractivity contribution in [2.75, 3.05) is 12.4 Å². The van der Waals surface area contributed by atoms with E-state index in [0.29, 0.717) is 44.0 Å². The van der Waals surface area contributed by atoms with Crippen LogP contribution in [-0.4, -0.2) is 29.0 Å². The third kappa shape index (κ3) is 4.04. The highest BCUT2D eigenvalue weighted by atomic mass is 32.1. The van der Waals surface area contributed by atoms with Crippen LogP contribution in [0.5, 0.6) is 0 Å². The highest BCUT2D eigenvalue weighted by molar-refractivity contribution is 7.15. The molecular formula is C27H19N3O3S. The summed E-state index contributed by atoms with van der Waals surface area (Å²) in [4.78, 5) is 35.2. The maximum atomic E-state index is 13.5. The van der Waals surface area contributed by atoms with Gasteiger partial charge in [0.15, 0.2) is 0 Å². The van der Waals surface area contributed by atoms with Gasteiger partial charge in [0, 0.05) is 22.5 Å². The molecule has 166 valence electrons. The van der Waals surface area contributed by atoms with E-state index in [1.54, 1.807) is 12.3 Å². The minimum Gasteiger partial charge on any atom is -0.465 e. The molecule has 3 heterocycles. The van der Waals surface area contributed by atoms with Crippen LogP contribution in [0.15, 0.2) is 90.4 Å². The molecule has 0 radical (unpaired) electrons. The van der Waals surface area contributed by atoms with Crippen molar-refractivity contribution < 1.29 is 14.3 Å². The predicted molar refractivity (Wildman–Crippen MR) is 134 cm³/mol. The Morgan fingerprint density at radius 1 is 0.912 bits per heavy atom. The molecule has 3 aromatic heterocycles. The minimum atomic E-state index is -0.510. The van der Waals surface area contributed by atoms with Gasteiger partial charge in [0.1, 0.15) is 10.6 Å². The molecule has 1 amide bonds. The first-order chi connectivity index (χ1) is 16.7. The number of pyridine rings is 2. The highest BCUT2D eigenvalue weighted by Gasteiger charge is 2.23. The molecule has 0 aliphatic carbocycles. The van der Waals surface area contributed by atoms with Gasteiger partial charge in [-0.05, 0) is 29.8 Å². The number of carbonyl (C=O) groups is 2. The smallest absolute Gasteiger partial charge is 0.341 e. The molecular weight excluding hydrogens is 446 g/mol. The lowest BCUT2D eigenvalue weighted by Crippen LogP contribution is -2.15. The molecule has 0 aliphatic heterocycles. The van der Waals surface area contributed by atoms with Crippen LogP contribution in [0.4, 0.5) is 5.00 Å². The molecule has 0 aliphatic rings. The lowest BCUT2D eigenvalue weighted by molar-refractivity contribution is 0.0603. The number of anilines is 1. The zero-order valence-electron chi connectivity index (χ0n) is 18.2. The molecule has 0 saturated heterocycles. The largest absolute Gasteiger partial charge is 0.465 e. The van der Waals surface area contributed by atoms with Gasteiger partial charge in [-0.1, -0.05) is 54.6 Å². The number of thiophene rings is 1. The van der Waals surface area contributed by atoms with E-state index in [-0.39, 0.29) is 5.91 Å². The lowest BCUT2D eigenvalue weighted by atomic mass is 10.0. The van der Waals surface area contributed by atoms with Gasteiger partial charge in [0.2, 0.25) is 0 Å². The number of hydrogen-bond donors (Lipinski definition) is 1. The Kier molecular flexibility index (Phi) is 5.84. The zero-order valence-corrected chi connectivity index (χ0v) is 19.0. The van der Waals surface area contributed by atoms with Gasteiger partial charge in [0.05, 0.1) is 29.6 Å². The summed E-state index contributed by atoms with van der Waals surface area (Å²) in [5.41, 5.74) is 4.29. The van der Waals surface area contributed by atoms with Crippen molar-refractivity contribution in [3.05, 3.63) is 102 Å². The number of esters is 1. The number of carbonyl (C=O) groups excluding carboxylic acids is 2. The van der Waals surface area contributed by atoms with Crippen molar-refractivity contribution in [2.24, 2.45) is 0 Å². The summed E-state index contributed by atoms with van der Waals surface area (Å²) in [6, 6.07) is 24.2. The Morgan fingerprint density at radius 3 is 2.44 bits per heavy atom. The van der Waals surface area contributed by atoms with Crippen molar-refractivity contribution in [3.63, 3.8) is 0 Å². The Morgan fingerprint density at radius 2 is 1.68 bits per heavy atom. The number of fused-ring (bicyclic) bond motifs is 1. The number of para-hydroxylation sites is 1. The first-order valence-electron chi connectivity index (χ1n) is 10.5. The molecule has 6 nitrogen and oxygen atoms in total. The summed E-state index contributed by atoms with van der Waals surface area (Å²) in [5, 5.41) is 5.92. The lowest BCUT2D eigenvalue weighted by Gasteiger charge is -2.11. The summed E-state index contributed by atoms with van der Waals surface area (Å²) >= 11 is 1.28. The van der Waals surface area contributed by atoms with Gasteiger partial charge in [-0.25, -0.2) is 9.78 Å². The molecule has 0 spiro atoms. The van der Waals surface area contributed by atoms with Gasteiger partial charge < -0.3 is 10.1 Å². The van der Waals surface area contributed by atoms with Crippen LogP contribution in [0.2, 0.25) is 0 Å². The normalized spacial score (nSPS) is 10.7. The monoisotopic (exact) mass is 465 g/mol. The number of methoxy groups -OCH3 is 1. The zero-order chi connectivity index (χ0) is 23.5. The average molecular weight is 466 g/mol. The Labute approximate surface area is 199 Å². The minimum absolute atomic E-state index is 0.329. The van der Waals surface area contributed by atoms with Crippen LogP contribution in [0, 0.1) is 0 Å². The topological polar surface area (TPSA) is 81.2 Å². The summed E-state index contributed by atoms with van der Waals surface area (Å²) in [6.45, 7) is 0.